The van der Waals surface area contributed by atoms with Gasteiger partial charge in [-0.25, -0.2) is 0 Å². The van der Waals surface area contributed by atoms with E-state index >= 15 is 0 Å². The molecule has 0 atom stereocenters. The standard InChI is InChI=1S/C16H23N3O2/c1-13-4-2-5-14(12-13)16(21)19-9-3-8-18(10-11-19)15(20)6-7-17/h2,4-5,12H,3,6-11,17H2,1H3. The molecule has 1 aromatic carbocycles. The van der Waals surface area contributed by atoms with Gasteiger partial charge in [0.25, 0.3) is 5.91 Å². The molecule has 2 amide bonds. The van der Waals surface area contributed by atoms with Crippen LogP contribution < -0.4 is 5.73 Å². The van der Waals surface area contributed by atoms with E-state index in [1.54, 1.807) is 0 Å². The Balaban J connectivity index is 1.99. The van der Waals surface area contributed by atoms with Crippen molar-refractivity contribution >= 4 is 11.8 Å². The topological polar surface area (TPSA) is 66.6 Å². The quantitative estimate of drug-likeness (QED) is 0.903. The van der Waals surface area contributed by atoms with Crippen molar-refractivity contribution in [2.24, 2.45) is 5.73 Å². The summed E-state index contributed by atoms with van der Waals surface area (Å²) in [6.07, 6.45) is 1.19. The van der Waals surface area contributed by atoms with Crippen LogP contribution >= 0.6 is 0 Å². The molecule has 1 fully saturated rings. The van der Waals surface area contributed by atoms with Crippen LogP contribution in [0.2, 0.25) is 0 Å². The fourth-order valence-corrected chi connectivity index (χ4v) is 2.61. The molecule has 0 aromatic heterocycles. The summed E-state index contributed by atoms with van der Waals surface area (Å²) >= 11 is 0. The molecule has 1 saturated heterocycles. The molecule has 5 heteroatoms. The van der Waals surface area contributed by atoms with Crippen molar-refractivity contribution in [2.75, 3.05) is 32.7 Å². The molecule has 0 radical (unpaired) electrons. The molecule has 0 spiro atoms. The first kappa shape index (κ1) is 15.5. The van der Waals surface area contributed by atoms with Gasteiger partial charge in [0.1, 0.15) is 0 Å². The Morgan fingerprint density at radius 1 is 1.14 bits per heavy atom. The Kier molecular flexibility index (Phi) is 5.33. The van der Waals surface area contributed by atoms with Crippen LogP contribution in [0, 0.1) is 6.92 Å². The van der Waals surface area contributed by atoms with Crippen molar-refractivity contribution in [3.63, 3.8) is 0 Å². The number of benzene rings is 1. The summed E-state index contributed by atoms with van der Waals surface area (Å²) in [6, 6.07) is 7.63. The Bertz CT molecular complexity index is 516. The minimum absolute atomic E-state index is 0.0480. The van der Waals surface area contributed by atoms with Gasteiger partial charge >= 0.3 is 0 Å². The van der Waals surface area contributed by atoms with E-state index in [0.717, 1.165) is 17.5 Å². The number of hydrogen-bond donors (Lipinski definition) is 1. The van der Waals surface area contributed by atoms with Gasteiger partial charge < -0.3 is 15.5 Å². The van der Waals surface area contributed by atoms with Gasteiger partial charge in [0, 0.05) is 44.7 Å². The highest BCUT2D eigenvalue weighted by Crippen LogP contribution is 2.11. The number of hydrogen-bond acceptors (Lipinski definition) is 3. The van der Waals surface area contributed by atoms with Gasteiger partial charge in [-0.05, 0) is 25.5 Å². The van der Waals surface area contributed by atoms with Gasteiger partial charge in [-0.2, -0.15) is 0 Å². The number of aryl methyl sites for hydroxylation is 1. The predicted octanol–water partition coefficient (Wildman–Crippen LogP) is 1.02. The van der Waals surface area contributed by atoms with Crippen molar-refractivity contribution in [3.05, 3.63) is 35.4 Å². The Morgan fingerprint density at radius 3 is 2.57 bits per heavy atom. The molecule has 1 aliphatic heterocycles. The van der Waals surface area contributed by atoms with E-state index in [1.807, 2.05) is 41.0 Å². The Hall–Kier alpha value is -1.88. The average Bonchev–Trinajstić information content (AvgIpc) is 2.72. The van der Waals surface area contributed by atoms with Crippen molar-refractivity contribution < 1.29 is 9.59 Å². The molecular weight excluding hydrogens is 266 g/mol. The zero-order chi connectivity index (χ0) is 15.2. The first-order chi connectivity index (χ1) is 10.1. The molecule has 2 rings (SSSR count). The van der Waals surface area contributed by atoms with E-state index in [9.17, 15) is 9.59 Å². The van der Waals surface area contributed by atoms with Crippen LogP contribution in [0.15, 0.2) is 24.3 Å². The van der Waals surface area contributed by atoms with Gasteiger partial charge in [-0.3, -0.25) is 9.59 Å². The maximum Gasteiger partial charge on any atom is 0.253 e. The van der Waals surface area contributed by atoms with E-state index in [1.165, 1.54) is 0 Å². The SMILES string of the molecule is Cc1cccc(C(=O)N2CCCN(C(=O)CCN)CC2)c1. The second kappa shape index (κ2) is 7.22. The number of carbonyl (C=O) groups is 2. The smallest absolute Gasteiger partial charge is 0.253 e. The third-order valence-electron chi connectivity index (χ3n) is 3.76. The number of carbonyl (C=O) groups excluding carboxylic acids is 2. The van der Waals surface area contributed by atoms with Crippen LogP contribution in [0.25, 0.3) is 0 Å². The minimum atomic E-state index is 0.0480. The lowest BCUT2D eigenvalue weighted by atomic mass is 10.1. The maximum absolute atomic E-state index is 12.5. The first-order valence-corrected chi connectivity index (χ1v) is 7.45. The minimum Gasteiger partial charge on any atom is -0.341 e. The monoisotopic (exact) mass is 289 g/mol. The van der Waals surface area contributed by atoms with Gasteiger partial charge in [0.2, 0.25) is 5.91 Å². The molecule has 0 unspecified atom stereocenters. The van der Waals surface area contributed by atoms with E-state index < -0.39 is 0 Å². The Labute approximate surface area is 125 Å². The highest BCUT2D eigenvalue weighted by atomic mass is 16.2. The summed E-state index contributed by atoms with van der Waals surface area (Å²) in [6.45, 7) is 4.93. The second-order valence-electron chi connectivity index (χ2n) is 5.43. The molecule has 0 aliphatic carbocycles. The normalized spacial score (nSPS) is 15.7. The summed E-state index contributed by atoms with van der Waals surface area (Å²) in [5, 5.41) is 0. The lowest BCUT2D eigenvalue weighted by Crippen LogP contribution is -2.37. The van der Waals surface area contributed by atoms with E-state index in [-0.39, 0.29) is 11.8 Å². The average molecular weight is 289 g/mol. The van der Waals surface area contributed by atoms with E-state index in [4.69, 9.17) is 5.73 Å². The molecule has 0 saturated carbocycles. The summed E-state index contributed by atoms with van der Waals surface area (Å²) in [5.74, 6) is 0.133. The molecule has 1 heterocycles. The van der Waals surface area contributed by atoms with Crippen molar-refractivity contribution in [1.29, 1.82) is 0 Å². The number of nitrogens with zero attached hydrogens (tertiary/aromatic N) is 2. The number of nitrogens with two attached hydrogens (primary N) is 1. The maximum atomic E-state index is 12.5. The number of rotatable bonds is 3. The van der Waals surface area contributed by atoms with Gasteiger partial charge in [-0.15, -0.1) is 0 Å². The van der Waals surface area contributed by atoms with Crippen LogP contribution in [-0.2, 0) is 4.79 Å². The van der Waals surface area contributed by atoms with Crippen LogP contribution in [-0.4, -0.2) is 54.3 Å². The largest absolute Gasteiger partial charge is 0.341 e. The predicted molar refractivity (Wildman–Crippen MR) is 82.0 cm³/mol. The third kappa shape index (κ3) is 4.04. The van der Waals surface area contributed by atoms with Gasteiger partial charge in [0.15, 0.2) is 0 Å². The van der Waals surface area contributed by atoms with Crippen LogP contribution in [0.5, 0.6) is 0 Å². The van der Waals surface area contributed by atoms with Crippen molar-refractivity contribution in [1.82, 2.24) is 9.80 Å². The molecule has 0 bridgehead atoms. The van der Waals surface area contributed by atoms with Crippen molar-refractivity contribution in [3.8, 4) is 0 Å². The fourth-order valence-electron chi connectivity index (χ4n) is 2.61. The summed E-state index contributed by atoms with van der Waals surface area (Å²) in [5.41, 5.74) is 7.23. The zero-order valence-corrected chi connectivity index (χ0v) is 12.5. The number of amides is 2. The molecule has 1 aromatic rings. The third-order valence-corrected chi connectivity index (χ3v) is 3.76. The second-order valence-corrected chi connectivity index (χ2v) is 5.43. The molecule has 5 nitrogen and oxygen atoms in total. The van der Waals surface area contributed by atoms with Crippen LogP contribution in [0.4, 0.5) is 0 Å². The molecule has 21 heavy (non-hydrogen) atoms. The highest BCUT2D eigenvalue weighted by Gasteiger charge is 2.22. The van der Waals surface area contributed by atoms with Crippen LogP contribution in [0.1, 0.15) is 28.8 Å². The fraction of sp³-hybridized carbons (Fsp3) is 0.500. The molecular formula is C16H23N3O2. The zero-order valence-electron chi connectivity index (χ0n) is 12.5. The summed E-state index contributed by atoms with van der Waals surface area (Å²) in [7, 11) is 0. The lowest BCUT2D eigenvalue weighted by Gasteiger charge is -2.22. The van der Waals surface area contributed by atoms with Gasteiger partial charge in [-0.1, -0.05) is 17.7 Å². The van der Waals surface area contributed by atoms with E-state index in [2.05, 4.69) is 0 Å². The Morgan fingerprint density at radius 2 is 1.86 bits per heavy atom. The van der Waals surface area contributed by atoms with E-state index in [0.29, 0.717) is 39.1 Å². The molecule has 114 valence electrons. The molecule has 1 aliphatic rings. The summed E-state index contributed by atoms with van der Waals surface area (Å²) < 4.78 is 0. The highest BCUT2D eigenvalue weighted by molar-refractivity contribution is 5.94. The van der Waals surface area contributed by atoms with Crippen LogP contribution in [0.3, 0.4) is 0 Å². The van der Waals surface area contributed by atoms with Gasteiger partial charge in [0.05, 0.1) is 0 Å². The lowest BCUT2D eigenvalue weighted by molar-refractivity contribution is -0.130. The first-order valence-electron chi connectivity index (χ1n) is 7.45. The van der Waals surface area contributed by atoms with Crippen molar-refractivity contribution in [2.45, 2.75) is 19.8 Å². The summed E-state index contributed by atoms with van der Waals surface area (Å²) in [4.78, 5) is 28.0. The molecule has 2 N–H and O–H groups in total.